The molecule has 0 amide bonds. The summed E-state index contributed by atoms with van der Waals surface area (Å²) in [6, 6.07) is 11.0. The molecule has 0 aromatic heterocycles. The Morgan fingerprint density at radius 1 is 1.39 bits per heavy atom. The van der Waals surface area contributed by atoms with Crippen LogP contribution in [0.2, 0.25) is 0 Å². The Hall–Kier alpha value is -1.35. The Morgan fingerprint density at radius 3 is 2.67 bits per heavy atom. The predicted octanol–water partition coefficient (Wildman–Crippen LogP) is 2.63. The maximum absolute atomic E-state index is 11.7. The maximum Gasteiger partial charge on any atom is 0.310 e. The van der Waals surface area contributed by atoms with Crippen molar-refractivity contribution in [3.8, 4) is 0 Å². The average molecular weight is 247 g/mol. The summed E-state index contributed by atoms with van der Waals surface area (Å²) in [5.74, 6) is -0.0635. The largest absolute Gasteiger partial charge is 0.469 e. The molecule has 1 aromatic rings. The number of rotatable bonds is 3. The highest BCUT2D eigenvalue weighted by Gasteiger charge is 2.38. The van der Waals surface area contributed by atoms with Crippen molar-refractivity contribution in [3.63, 3.8) is 0 Å². The second-order valence-corrected chi connectivity index (χ2v) is 4.98. The Labute approximate surface area is 109 Å². The van der Waals surface area contributed by atoms with Gasteiger partial charge >= 0.3 is 5.97 Å². The lowest BCUT2D eigenvalue weighted by Gasteiger charge is -2.30. The number of esters is 1. The van der Waals surface area contributed by atoms with E-state index in [4.69, 9.17) is 4.74 Å². The molecule has 1 fully saturated rings. The van der Waals surface area contributed by atoms with Crippen LogP contribution in [0, 0.1) is 5.92 Å². The molecule has 1 saturated heterocycles. The molecule has 1 aliphatic heterocycles. The van der Waals surface area contributed by atoms with Crippen molar-refractivity contribution in [1.29, 1.82) is 0 Å². The topological polar surface area (TPSA) is 29.5 Å². The number of hydrogen-bond acceptors (Lipinski definition) is 3. The van der Waals surface area contributed by atoms with Gasteiger partial charge in [0, 0.05) is 12.1 Å². The molecule has 98 valence electrons. The quantitative estimate of drug-likeness (QED) is 0.769. The molecule has 3 atom stereocenters. The van der Waals surface area contributed by atoms with Crippen molar-refractivity contribution in [2.24, 2.45) is 5.92 Å². The van der Waals surface area contributed by atoms with Crippen molar-refractivity contribution in [2.45, 2.75) is 32.4 Å². The van der Waals surface area contributed by atoms with Gasteiger partial charge in [-0.05, 0) is 32.4 Å². The first-order valence-corrected chi connectivity index (χ1v) is 6.53. The van der Waals surface area contributed by atoms with E-state index in [1.807, 2.05) is 6.07 Å². The summed E-state index contributed by atoms with van der Waals surface area (Å²) in [5.41, 5.74) is 1.30. The summed E-state index contributed by atoms with van der Waals surface area (Å²) in [5, 5.41) is 0. The summed E-state index contributed by atoms with van der Waals surface area (Å²) in [6.07, 6.45) is 0.894. The Morgan fingerprint density at radius 2 is 2.06 bits per heavy atom. The third kappa shape index (κ3) is 2.41. The molecule has 18 heavy (non-hydrogen) atoms. The van der Waals surface area contributed by atoms with Crippen LogP contribution >= 0.6 is 0 Å². The lowest BCUT2D eigenvalue weighted by atomic mass is 10.0. The van der Waals surface area contributed by atoms with Crippen molar-refractivity contribution in [3.05, 3.63) is 35.9 Å². The zero-order valence-electron chi connectivity index (χ0n) is 11.3. The third-order valence-corrected chi connectivity index (χ3v) is 4.09. The minimum absolute atomic E-state index is 0.0150. The first kappa shape index (κ1) is 13.1. The standard InChI is InChI=1S/C15H21NO2/c1-11(13-7-5-4-6-8-13)16-10-9-14(12(16)2)15(17)18-3/h4-8,11-12,14H,9-10H2,1-3H3/t11-,12+,14+/m1/s1. The molecule has 3 nitrogen and oxygen atoms in total. The summed E-state index contributed by atoms with van der Waals surface area (Å²) >= 11 is 0. The number of hydrogen-bond donors (Lipinski definition) is 0. The Bertz CT molecular complexity index is 404. The number of ether oxygens (including phenoxy) is 1. The van der Waals surface area contributed by atoms with E-state index in [0.717, 1.165) is 13.0 Å². The fourth-order valence-electron chi connectivity index (χ4n) is 2.90. The smallest absolute Gasteiger partial charge is 0.310 e. The Balaban J connectivity index is 2.09. The van der Waals surface area contributed by atoms with Gasteiger partial charge in [0.05, 0.1) is 13.0 Å². The van der Waals surface area contributed by atoms with E-state index in [1.54, 1.807) is 0 Å². The van der Waals surface area contributed by atoms with Gasteiger partial charge in [-0.2, -0.15) is 0 Å². The first-order valence-electron chi connectivity index (χ1n) is 6.53. The molecule has 1 aromatic carbocycles. The average Bonchev–Trinajstić information content (AvgIpc) is 2.80. The zero-order valence-corrected chi connectivity index (χ0v) is 11.3. The van der Waals surface area contributed by atoms with Crippen LogP contribution in [0.1, 0.15) is 31.9 Å². The fourth-order valence-corrected chi connectivity index (χ4v) is 2.90. The molecular formula is C15H21NO2. The van der Waals surface area contributed by atoms with E-state index in [0.29, 0.717) is 6.04 Å². The molecule has 1 aliphatic rings. The molecule has 0 radical (unpaired) electrons. The summed E-state index contributed by atoms with van der Waals surface area (Å²) in [6.45, 7) is 5.27. The van der Waals surface area contributed by atoms with E-state index < -0.39 is 0 Å². The molecule has 2 rings (SSSR count). The molecule has 1 heterocycles. The highest BCUT2D eigenvalue weighted by molar-refractivity contribution is 5.73. The van der Waals surface area contributed by atoms with E-state index >= 15 is 0 Å². The van der Waals surface area contributed by atoms with Gasteiger partial charge in [-0.25, -0.2) is 0 Å². The van der Waals surface area contributed by atoms with Gasteiger partial charge in [0.2, 0.25) is 0 Å². The highest BCUT2D eigenvalue weighted by atomic mass is 16.5. The second-order valence-electron chi connectivity index (χ2n) is 4.98. The first-order chi connectivity index (χ1) is 8.65. The van der Waals surface area contributed by atoms with E-state index in [-0.39, 0.29) is 17.9 Å². The summed E-state index contributed by atoms with van der Waals surface area (Å²) in [4.78, 5) is 14.1. The van der Waals surface area contributed by atoms with Crippen LogP contribution < -0.4 is 0 Å². The maximum atomic E-state index is 11.7. The van der Waals surface area contributed by atoms with Gasteiger partial charge in [-0.3, -0.25) is 9.69 Å². The number of carbonyl (C=O) groups is 1. The molecule has 0 aliphatic carbocycles. The lowest BCUT2D eigenvalue weighted by molar-refractivity contribution is -0.146. The minimum atomic E-state index is -0.0785. The lowest BCUT2D eigenvalue weighted by Crippen LogP contribution is -2.35. The van der Waals surface area contributed by atoms with Crippen LogP contribution in [0.25, 0.3) is 0 Å². The van der Waals surface area contributed by atoms with Crippen molar-refractivity contribution in [2.75, 3.05) is 13.7 Å². The number of nitrogens with zero attached hydrogens (tertiary/aromatic N) is 1. The van der Waals surface area contributed by atoms with Crippen molar-refractivity contribution < 1.29 is 9.53 Å². The predicted molar refractivity (Wildman–Crippen MR) is 71.1 cm³/mol. The minimum Gasteiger partial charge on any atom is -0.469 e. The highest BCUT2D eigenvalue weighted by Crippen LogP contribution is 2.32. The van der Waals surface area contributed by atoms with Gasteiger partial charge in [-0.1, -0.05) is 30.3 Å². The second kappa shape index (κ2) is 5.53. The SMILES string of the molecule is COC(=O)[C@H]1CCN([C@H](C)c2ccccc2)[C@H]1C. The summed E-state index contributed by atoms with van der Waals surface area (Å²) in [7, 11) is 1.47. The van der Waals surface area contributed by atoms with Gasteiger partial charge in [0.25, 0.3) is 0 Å². The number of likely N-dealkylation sites (tertiary alicyclic amines) is 1. The van der Waals surface area contributed by atoms with Crippen LogP contribution in [0.5, 0.6) is 0 Å². The summed E-state index contributed by atoms with van der Waals surface area (Å²) < 4.78 is 4.87. The van der Waals surface area contributed by atoms with Crippen LogP contribution in [0.3, 0.4) is 0 Å². The Kier molecular flexibility index (Phi) is 4.02. The number of methoxy groups -OCH3 is 1. The molecule has 0 bridgehead atoms. The van der Waals surface area contributed by atoms with E-state index in [2.05, 4.69) is 43.0 Å². The molecular weight excluding hydrogens is 226 g/mol. The third-order valence-electron chi connectivity index (χ3n) is 4.09. The van der Waals surface area contributed by atoms with Gasteiger partial charge in [0.1, 0.15) is 0 Å². The van der Waals surface area contributed by atoms with Crippen molar-refractivity contribution in [1.82, 2.24) is 4.90 Å². The molecule has 0 saturated carbocycles. The van der Waals surface area contributed by atoms with Crippen LogP contribution in [-0.4, -0.2) is 30.6 Å². The number of benzene rings is 1. The van der Waals surface area contributed by atoms with Crippen LogP contribution in [-0.2, 0) is 9.53 Å². The van der Waals surface area contributed by atoms with Gasteiger partial charge in [-0.15, -0.1) is 0 Å². The van der Waals surface area contributed by atoms with Crippen molar-refractivity contribution >= 4 is 5.97 Å². The molecule has 0 unspecified atom stereocenters. The van der Waals surface area contributed by atoms with Crippen LogP contribution in [0.15, 0.2) is 30.3 Å². The van der Waals surface area contributed by atoms with Crippen LogP contribution in [0.4, 0.5) is 0 Å². The zero-order chi connectivity index (χ0) is 13.1. The normalized spacial score (nSPS) is 25.9. The van der Waals surface area contributed by atoms with E-state index in [9.17, 15) is 4.79 Å². The van der Waals surface area contributed by atoms with E-state index in [1.165, 1.54) is 12.7 Å². The molecule has 0 N–H and O–H groups in total. The molecule has 0 spiro atoms. The van der Waals surface area contributed by atoms with Gasteiger partial charge in [0.15, 0.2) is 0 Å². The fraction of sp³-hybridized carbons (Fsp3) is 0.533. The van der Waals surface area contributed by atoms with Gasteiger partial charge < -0.3 is 4.74 Å². The number of carbonyl (C=O) groups excluding carboxylic acids is 1. The molecule has 3 heteroatoms. The monoisotopic (exact) mass is 247 g/mol.